The molecule has 0 fully saturated rings. The van der Waals surface area contributed by atoms with Crippen LogP contribution in [-0.2, 0) is 9.59 Å². The topological polar surface area (TPSA) is 127 Å². The molecule has 7 heteroatoms. The molecule has 0 aliphatic heterocycles. The normalized spacial score (nSPS) is 12.0. The van der Waals surface area contributed by atoms with Crippen molar-refractivity contribution in [1.29, 1.82) is 0 Å². The van der Waals surface area contributed by atoms with Crippen molar-refractivity contribution in [3.63, 3.8) is 0 Å². The Hall–Kier alpha value is -1.18. The number of amides is 2. The van der Waals surface area contributed by atoms with Gasteiger partial charge in [-0.1, -0.05) is 0 Å². The summed E-state index contributed by atoms with van der Waals surface area (Å²) in [6, 6.07) is -0.819. The van der Waals surface area contributed by atoms with Gasteiger partial charge in [0, 0.05) is 32.7 Å². The van der Waals surface area contributed by atoms with Crippen molar-refractivity contribution in [2.24, 2.45) is 17.2 Å². The highest BCUT2D eigenvalue weighted by Crippen LogP contribution is 1.97. The van der Waals surface area contributed by atoms with E-state index in [4.69, 9.17) is 17.2 Å². The highest BCUT2D eigenvalue weighted by Gasteiger charge is 2.20. The molecular formula is C10H23N5O2. The molecule has 0 bridgehead atoms. The number of nitrogens with zero attached hydrogens (tertiary/aromatic N) is 1. The lowest BCUT2D eigenvalue weighted by molar-refractivity contribution is -0.134. The molecule has 17 heavy (non-hydrogen) atoms. The number of rotatable bonds is 8. The Labute approximate surface area is 102 Å². The Bertz CT molecular complexity index is 241. The zero-order valence-corrected chi connectivity index (χ0v) is 10.3. The summed E-state index contributed by atoms with van der Waals surface area (Å²) < 4.78 is 0. The first kappa shape index (κ1) is 15.8. The molecule has 1 unspecified atom stereocenters. The number of carbonyl (C=O) groups excluding carboxylic acids is 2. The molecule has 2 amide bonds. The van der Waals surface area contributed by atoms with Gasteiger partial charge in [0.15, 0.2) is 0 Å². The molecule has 0 aromatic rings. The van der Waals surface area contributed by atoms with Crippen LogP contribution in [0, 0.1) is 0 Å². The largest absolute Gasteiger partial charge is 0.355 e. The Morgan fingerprint density at radius 3 is 2.18 bits per heavy atom. The molecule has 0 aromatic heterocycles. The first-order chi connectivity index (χ1) is 8.06. The van der Waals surface area contributed by atoms with E-state index in [0.717, 1.165) is 0 Å². The maximum atomic E-state index is 11.8. The van der Waals surface area contributed by atoms with Crippen molar-refractivity contribution in [3.05, 3.63) is 0 Å². The van der Waals surface area contributed by atoms with Crippen molar-refractivity contribution in [3.8, 4) is 0 Å². The van der Waals surface area contributed by atoms with Crippen LogP contribution in [0.25, 0.3) is 0 Å². The predicted octanol–water partition coefficient (Wildman–Crippen LogP) is -2.41. The first-order valence-electron chi connectivity index (χ1n) is 5.78. The third-order valence-electron chi connectivity index (χ3n) is 2.23. The van der Waals surface area contributed by atoms with Crippen LogP contribution in [-0.4, -0.2) is 55.5 Å². The minimum Gasteiger partial charge on any atom is -0.355 e. The third kappa shape index (κ3) is 6.20. The lowest BCUT2D eigenvalue weighted by atomic mass is 10.2. The van der Waals surface area contributed by atoms with Crippen LogP contribution in [0.3, 0.4) is 0 Å². The molecule has 0 aromatic carbocycles. The molecule has 1 atom stereocenters. The average Bonchev–Trinajstić information content (AvgIpc) is 2.28. The Kier molecular flexibility index (Phi) is 8.29. The summed E-state index contributed by atoms with van der Waals surface area (Å²) >= 11 is 0. The van der Waals surface area contributed by atoms with E-state index in [0.29, 0.717) is 32.7 Å². The molecule has 7 nitrogen and oxygen atoms in total. The smallest absolute Gasteiger partial charge is 0.237 e. The van der Waals surface area contributed by atoms with E-state index in [-0.39, 0.29) is 18.2 Å². The summed E-state index contributed by atoms with van der Waals surface area (Å²) in [5.74, 6) is -0.513. The molecule has 0 radical (unpaired) electrons. The van der Waals surface area contributed by atoms with Gasteiger partial charge in [0.25, 0.3) is 0 Å². The zero-order valence-electron chi connectivity index (χ0n) is 10.3. The number of hydrogen-bond acceptors (Lipinski definition) is 5. The van der Waals surface area contributed by atoms with Crippen molar-refractivity contribution in [1.82, 2.24) is 10.2 Å². The number of nitrogens with two attached hydrogens (primary N) is 3. The van der Waals surface area contributed by atoms with Gasteiger partial charge in [-0.15, -0.1) is 0 Å². The van der Waals surface area contributed by atoms with Gasteiger partial charge in [-0.2, -0.15) is 0 Å². The van der Waals surface area contributed by atoms with Gasteiger partial charge in [0.2, 0.25) is 11.8 Å². The van der Waals surface area contributed by atoms with Gasteiger partial charge >= 0.3 is 0 Å². The highest BCUT2D eigenvalue weighted by molar-refractivity contribution is 5.88. The lowest BCUT2D eigenvalue weighted by Gasteiger charge is -2.22. The minimum atomic E-state index is -0.819. The predicted molar refractivity (Wildman–Crippen MR) is 66.0 cm³/mol. The second kappa shape index (κ2) is 8.91. The maximum absolute atomic E-state index is 11.8. The fourth-order valence-electron chi connectivity index (χ4n) is 1.39. The molecular weight excluding hydrogens is 222 g/mol. The van der Waals surface area contributed by atoms with Crippen LogP contribution < -0.4 is 22.5 Å². The van der Waals surface area contributed by atoms with Gasteiger partial charge < -0.3 is 27.4 Å². The standard InChI is InChI=1S/C10H23N5O2/c1-2-14-10(17)8(13)7-9(16)15(5-3-11)6-4-12/h8H,2-7,11-13H2,1H3,(H,14,17). The van der Waals surface area contributed by atoms with Gasteiger partial charge in [0.05, 0.1) is 12.5 Å². The van der Waals surface area contributed by atoms with Gasteiger partial charge in [-0.05, 0) is 6.92 Å². The van der Waals surface area contributed by atoms with Crippen LogP contribution in [0.2, 0.25) is 0 Å². The summed E-state index contributed by atoms with van der Waals surface area (Å²) in [6.07, 6.45) is -0.0220. The monoisotopic (exact) mass is 245 g/mol. The molecule has 0 aliphatic rings. The summed E-state index contributed by atoms with van der Waals surface area (Å²) in [7, 11) is 0. The summed E-state index contributed by atoms with van der Waals surface area (Å²) in [6.45, 7) is 3.87. The van der Waals surface area contributed by atoms with Crippen molar-refractivity contribution >= 4 is 11.8 Å². The second-order valence-corrected chi connectivity index (χ2v) is 3.66. The Morgan fingerprint density at radius 2 is 1.76 bits per heavy atom. The van der Waals surface area contributed by atoms with Gasteiger partial charge in [-0.3, -0.25) is 9.59 Å². The van der Waals surface area contributed by atoms with Crippen LogP contribution in [0.1, 0.15) is 13.3 Å². The fraction of sp³-hybridized carbons (Fsp3) is 0.800. The third-order valence-corrected chi connectivity index (χ3v) is 2.23. The number of hydrogen-bond donors (Lipinski definition) is 4. The van der Waals surface area contributed by atoms with E-state index in [1.165, 1.54) is 4.90 Å². The number of carbonyl (C=O) groups is 2. The van der Waals surface area contributed by atoms with Crippen LogP contribution >= 0.6 is 0 Å². The van der Waals surface area contributed by atoms with E-state index in [2.05, 4.69) is 5.32 Å². The van der Waals surface area contributed by atoms with E-state index >= 15 is 0 Å². The molecule has 0 saturated carbocycles. The fourth-order valence-corrected chi connectivity index (χ4v) is 1.39. The summed E-state index contributed by atoms with van der Waals surface area (Å²) in [5, 5.41) is 2.57. The molecule has 0 aliphatic carbocycles. The quantitative estimate of drug-likeness (QED) is 0.378. The summed E-state index contributed by atoms with van der Waals surface area (Å²) in [5.41, 5.74) is 16.4. The van der Waals surface area contributed by atoms with Crippen LogP contribution in [0.5, 0.6) is 0 Å². The van der Waals surface area contributed by atoms with Gasteiger partial charge in [-0.25, -0.2) is 0 Å². The Morgan fingerprint density at radius 1 is 1.24 bits per heavy atom. The van der Waals surface area contributed by atoms with E-state index in [1.54, 1.807) is 6.92 Å². The summed E-state index contributed by atoms with van der Waals surface area (Å²) in [4.78, 5) is 24.7. The van der Waals surface area contributed by atoms with Crippen molar-refractivity contribution in [2.45, 2.75) is 19.4 Å². The van der Waals surface area contributed by atoms with Crippen molar-refractivity contribution in [2.75, 3.05) is 32.7 Å². The number of nitrogens with one attached hydrogen (secondary N) is 1. The molecule has 0 saturated heterocycles. The van der Waals surface area contributed by atoms with Crippen molar-refractivity contribution < 1.29 is 9.59 Å². The van der Waals surface area contributed by atoms with Crippen LogP contribution in [0.4, 0.5) is 0 Å². The molecule has 0 heterocycles. The van der Waals surface area contributed by atoms with E-state index in [9.17, 15) is 9.59 Å². The zero-order chi connectivity index (χ0) is 13.3. The maximum Gasteiger partial charge on any atom is 0.237 e. The average molecular weight is 245 g/mol. The minimum absolute atomic E-state index is 0.0220. The SMILES string of the molecule is CCNC(=O)C(N)CC(=O)N(CCN)CCN. The molecule has 0 rings (SSSR count). The lowest BCUT2D eigenvalue weighted by Crippen LogP contribution is -2.46. The molecule has 100 valence electrons. The highest BCUT2D eigenvalue weighted by atomic mass is 16.2. The van der Waals surface area contributed by atoms with E-state index < -0.39 is 6.04 Å². The Balaban J connectivity index is 4.23. The van der Waals surface area contributed by atoms with E-state index in [1.807, 2.05) is 0 Å². The molecule has 0 spiro atoms. The van der Waals surface area contributed by atoms with Crippen LogP contribution in [0.15, 0.2) is 0 Å². The van der Waals surface area contributed by atoms with Gasteiger partial charge in [0.1, 0.15) is 0 Å². The first-order valence-corrected chi connectivity index (χ1v) is 5.78. The number of likely N-dealkylation sites (N-methyl/N-ethyl adjacent to an activating group) is 1. The molecule has 7 N–H and O–H groups in total. The second-order valence-electron chi connectivity index (χ2n) is 3.66.